The van der Waals surface area contributed by atoms with Crippen LogP contribution in [0.25, 0.3) is 0 Å². The topological polar surface area (TPSA) is 141 Å². The first kappa shape index (κ1) is 21.9. The summed E-state index contributed by atoms with van der Waals surface area (Å²) in [6.45, 7) is 0. The number of aromatic hydroxyl groups is 2. The van der Waals surface area contributed by atoms with E-state index >= 15 is 0 Å². The molecule has 1 atom stereocenters. The maximum absolute atomic E-state index is 13.0. The number of nitro groups is 1. The quantitative estimate of drug-likeness (QED) is 0.183. The third-order valence-corrected chi connectivity index (χ3v) is 5.86. The maximum atomic E-state index is 13.0. The molecule has 1 aliphatic heterocycles. The van der Waals surface area contributed by atoms with Gasteiger partial charge in [-0.25, -0.2) is 0 Å². The first-order valence-electron chi connectivity index (χ1n) is 10.8. The van der Waals surface area contributed by atoms with Gasteiger partial charge in [0.25, 0.3) is 5.69 Å². The van der Waals surface area contributed by atoms with Crippen LogP contribution in [0.5, 0.6) is 11.8 Å². The molecule has 9 nitrogen and oxygen atoms in total. The highest BCUT2D eigenvalue weighted by atomic mass is 16.6. The Morgan fingerprint density at radius 2 is 1.74 bits per heavy atom. The molecule has 1 amide bonds. The van der Waals surface area contributed by atoms with Gasteiger partial charge in [-0.15, -0.1) is 0 Å². The van der Waals surface area contributed by atoms with Crippen molar-refractivity contribution in [1.29, 1.82) is 0 Å². The molecule has 0 radical (unpaired) electrons. The molecule has 3 aromatic carbocycles. The number of nitro benzene ring substituents is 1. The van der Waals surface area contributed by atoms with Crippen LogP contribution in [-0.4, -0.2) is 31.7 Å². The number of carbonyl (C=O) groups is 1. The molecule has 1 aromatic heterocycles. The molecule has 4 aromatic rings. The van der Waals surface area contributed by atoms with Gasteiger partial charge < -0.3 is 15.5 Å². The zero-order chi connectivity index (χ0) is 24.5. The number of hydrogen-bond donors (Lipinski definition) is 4. The summed E-state index contributed by atoms with van der Waals surface area (Å²) in [5.41, 5.74) is 4.18. The predicted octanol–water partition coefficient (Wildman–Crippen LogP) is 4.78. The van der Waals surface area contributed by atoms with E-state index in [1.54, 1.807) is 12.1 Å². The van der Waals surface area contributed by atoms with Gasteiger partial charge in [0.1, 0.15) is 5.92 Å². The van der Waals surface area contributed by atoms with Crippen LogP contribution in [0.2, 0.25) is 0 Å². The molecule has 0 aliphatic carbocycles. The Morgan fingerprint density at radius 3 is 2.40 bits per heavy atom. The van der Waals surface area contributed by atoms with Gasteiger partial charge >= 0.3 is 0 Å². The van der Waals surface area contributed by atoms with Gasteiger partial charge in [-0.05, 0) is 29.3 Å². The minimum Gasteiger partial charge on any atom is -0.495 e. The number of non-ortho nitro benzene ring substituents is 1. The summed E-state index contributed by atoms with van der Waals surface area (Å²) in [5, 5.41) is 33.5. The minimum absolute atomic E-state index is 0.0871. The van der Waals surface area contributed by atoms with Gasteiger partial charge in [-0.2, -0.15) is 0 Å². The van der Waals surface area contributed by atoms with E-state index in [0.717, 1.165) is 11.1 Å². The molecule has 35 heavy (non-hydrogen) atoms. The molecule has 0 spiro atoms. The van der Waals surface area contributed by atoms with Crippen molar-refractivity contribution in [2.24, 2.45) is 4.99 Å². The maximum Gasteiger partial charge on any atom is 0.269 e. The van der Waals surface area contributed by atoms with E-state index in [0.29, 0.717) is 34.6 Å². The fourth-order valence-corrected chi connectivity index (χ4v) is 4.19. The summed E-state index contributed by atoms with van der Waals surface area (Å²) >= 11 is 0. The number of aromatic amines is 1. The highest BCUT2D eigenvalue weighted by Gasteiger charge is 2.36. The Bertz CT molecular complexity index is 1460. The molecule has 9 heteroatoms. The number of anilines is 1. The van der Waals surface area contributed by atoms with Crippen LogP contribution >= 0.6 is 0 Å². The third-order valence-electron chi connectivity index (χ3n) is 5.86. The van der Waals surface area contributed by atoms with Crippen LogP contribution in [0.15, 0.2) is 83.9 Å². The second-order valence-electron chi connectivity index (χ2n) is 8.19. The number of nitrogens with one attached hydrogen (secondary N) is 2. The molecular formula is C26H20N4O5. The van der Waals surface area contributed by atoms with Gasteiger partial charge in [-0.3, -0.25) is 24.9 Å². The number of carbonyl (C=O) groups excluding carboxylic acids is 1. The molecular weight excluding hydrogens is 448 g/mol. The molecule has 0 bridgehead atoms. The second kappa shape index (κ2) is 8.79. The van der Waals surface area contributed by atoms with Crippen molar-refractivity contribution >= 4 is 28.7 Å². The molecule has 1 aliphatic rings. The molecule has 4 N–H and O–H groups in total. The van der Waals surface area contributed by atoms with Crippen molar-refractivity contribution in [3.63, 3.8) is 0 Å². The number of rotatable bonds is 6. The lowest BCUT2D eigenvalue weighted by Gasteiger charge is -2.14. The van der Waals surface area contributed by atoms with Gasteiger partial charge in [0.2, 0.25) is 5.91 Å². The van der Waals surface area contributed by atoms with Crippen LogP contribution in [0.3, 0.4) is 0 Å². The van der Waals surface area contributed by atoms with Crippen molar-refractivity contribution in [2.75, 3.05) is 5.32 Å². The van der Waals surface area contributed by atoms with E-state index in [4.69, 9.17) is 4.99 Å². The summed E-state index contributed by atoms with van der Waals surface area (Å²) < 4.78 is 0. The highest BCUT2D eigenvalue weighted by Crippen LogP contribution is 2.38. The Balaban J connectivity index is 1.53. The van der Waals surface area contributed by atoms with E-state index in [-0.39, 0.29) is 23.4 Å². The Hall–Kier alpha value is -4.92. The van der Waals surface area contributed by atoms with E-state index in [1.165, 1.54) is 24.3 Å². The van der Waals surface area contributed by atoms with Crippen LogP contribution in [0, 0.1) is 10.1 Å². The Morgan fingerprint density at radius 1 is 1.00 bits per heavy atom. The molecule has 0 saturated heterocycles. The smallest absolute Gasteiger partial charge is 0.269 e. The number of amides is 1. The lowest BCUT2D eigenvalue weighted by Crippen LogP contribution is -2.22. The summed E-state index contributed by atoms with van der Waals surface area (Å²) in [4.78, 5) is 31.1. The zero-order valence-corrected chi connectivity index (χ0v) is 18.3. The van der Waals surface area contributed by atoms with E-state index < -0.39 is 10.8 Å². The summed E-state index contributed by atoms with van der Waals surface area (Å²) in [5.74, 6) is -1.31. The van der Waals surface area contributed by atoms with Gasteiger partial charge in [0.05, 0.1) is 16.3 Å². The molecule has 2 heterocycles. The van der Waals surface area contributed by atoms with Gasteiger partial charge in [0.15, 0.2) is 11.8 Å². The average Bonchev–Trinajstić information content (AvgIpc) is 3.35. The lowest BCUT2D eigenvalue weighted by atomic mass is 9.90. The van der Waals surface area contributed by atoms with E-state index in [2.05, 4.69) is 10.3 Å². The number of hydrogen-bond acceptors (Lipinski definition) is 6. The van der Waals surface area contributed by atoms with Crippen molar-refractivity contribution in [2.45, 2.75) is 12.3 Å². The van der Waals surface area contributed by atoms with Crippen LogP contribution in [0.4, 0.5) is 17.1 Å². The van der Waals surface area contributed by atoms with Crippen molar-refractivity contribution in [3.8, 4) is 11.8 Å². The first-order valence-corrected chi connectivity index (χ1v) is 10.8. The molecule has 0 saturated carbocycles. The number of aromatic nitrogens is 1. The molecule has 174 valence electrons. The summed E-state index contributed by atoms with van der Waals surface area (Å²) in [7, 11) is 0. The number of aliphatic imine (C=N–C) groups is 1. The third kappa shape index (κ3) is 4.34. The molecule has 0 fully saturated rings. The number of benzene rings is 3. The Kier molecular flexibility index (Phi) is 5.50. The van der Waals surface area contributed by atoms with Crippen LogP contribution in [0.1, 0.15) is 28.2 Å². The summed E-state index contributed by atoms with van der Waals surface area (Å²) in [6.07, 6.45) is 0.403. The second-order valence-corrected chi connectivity index (χ2v) is 8.19. The fourth-order valence-electron chi connectivity index (χ4n) is 4.19. The normalized spacial score (nSPS) is 15.0. The van der Waals surface area contributed by atoms with Gasteiger partial charge in [-0.1, -0.05) is 42.5 Å². The standard InChI is InChI=1S/C26H20N4O5/c31-22-13-17(25(32)29-22)12-15-6-8-18(9-7-15)27-24(16-4-2-1-3-5-16)23-20-14-19(30(34)35)10-11-21(20)28-26(23)33/h1-11,13-14,23,29,31-32H,12H2,(H,28,33). The number of H-pyrrole nitrogens is 1. The molecule has 5 rings (SSSR count). The molecule has 1 unspecified atom stereocenters. The summed E-state index contributed by atoms with van der Waals surface area (Å²) in [6, 6.07) is 22.3. The van der Waals surface area contributed by atoms with Crippen molar-refractivity contribution < 1.29 is 19.9 Å². The fraction of sp³-hybridized carbons (Fsp3) is 0.0769. The number of fused-ring (bicyclic) bond motifs is 1. The predicted molar refractivity (Wildman–Crippen MR) is 130 cm³/mol. The van der Waals surface area contributed by atoms with Crippen LogP contribution in [-0.2, 0) is 11.2 Å². The van der Waals surface area contributed by atoms with Crippen LogP contribution < -0.4 is 5.32 Å². The van der Waals surface area contributed by atoms with Crippen molar-refractivity contribution in [3.05, 3.63) is 111 Å². The lowest BCUT2D eigenvalue weighted by molar-refractivity contribution is -0.384. The average molecular weight is 468 g/mol. The van der Waals surface area contributed by atoms with Crippen molar-refractivity contribution in [1.82, 2.24) is 4.98 Å². The zero-order valence-electron chi connectivity index (χ0n) is 18.3. The van der Waals surface area contributed by atoms with E-state index in [9.17, 15) is 25.1 Å². The SMILES string of the molecule is O=C1Nc2ccc([N+](=O)[O-])cc2C1C(=Nc1ccc(Cc2cc(O)[nH]c2O)cc1)c1ccccc1. The first-order chi connectivity index (χ1) is 16.9. The largest absolute Gasteiger partial charge is 0.495 e. The minimum atomic E-state index is -0.813. The number of nitrogens with zero attached hydrogens (tertiary/aromatic N) is 2. The van der Waals surface area contributed by atoms with Gasteiger partial charge in [0, 0.05) is 41.4 Å². The van der Waals surface area contributed by atoms with E-state index in [1.807, 2.05) is 42.5 Å². The highest BCUT2D eigenvalue weighted by molar-refractivity contribution is 6.24. The Labute approximate surface area is 199 Å². The monoisotopic (exact) mass is 468 g/mol.